The van der Waals surface area contributed by atoms with Crippen molar-refractivity contribution in [3.8, 4) is 5.75 Å². The maximum atomic E-state index is 12.6. The monoisotopic (exact) mass is 484 g/mol. The zero-order valence-electron chi connectivity index (χ0n) is 18.4. The Balaban J connectivity index is 1.35. The molecule has 1 amide bonds. The second-order valence-corrected chi connectivity index (χ2v) is 9.31. The fourth-order valence-electron chi connectivity index (χ4n) is 3.67. The van der Waals surface area contributed by atoms with Crippen molar-refractivity contribution in [2.24, 2.45) is 4.99 Å². The minimum atomic E-state index is -0.187. The van der Waals surface area contributed by atoms with E-state index >= 15 is 0 Å². The van der Waals surface area contributed by atoms with Crippen LogP contribution in [0, 0.1) is 6.92 Å². The van der Waals surface area contributed by atoms with Gasteiger partial charge in [0.15, 0.2) is 5.17 Å². The molecule has 1 N–H and O–H groups in total. The zero-order chi connectivity index (χ0) is 23.5. The highest BCUT2D eigenvalue weighted by molar-refractivity contribution is 8.18. The van der Waals surface area contributed by atoms with Crippen LogP contribution in [0.1, 0.15) is 16.7 Å². The van der Waals surface area contributed by atoms with Gasteiger partial charge in [-0.1, -0.05) is 72.3 Å². The molecule has 168 valence electrons. The lowest BCUT2D eigenvalue weighted by Gasteiger charge is -2.10. The summed E-state index contributed by atoms with van der Waals surface area (Å²) in [4.78, 5) is 17.7. The van der Waals surface area contributed by atoms with Gasteiger partial charge < -0.3 is 10.1 Å². The van der Waals surface area contributed by atoms with E-state index < -0.39 is 0 Å². The smallest absolute Gasteiger partial charge is 0.264 e. The number of carbonyl (C=O) groups excluding carboxylic acids is 1. The Hall–Kier alpha value is -3.54. The summed E-state index contributed by atoms with van der Waals surface area (Å²) in [6.45, 7) is 2.34. The number of carbonyl (C=O) groups is 1. The van der Waals surface area contributed by atoms with E-state index in [1.165, 1.54) is 22.5 Å². The van der Waals surface area contributed by atoms with Crippen LogP contribution in [0.4, 0.5) is 5.69 Å². The molecule has 0 aliphatic carbocycles. The second-order valence-electron chi connectivity index (χ2n) is 7.87. The standard InChI is InChI=1S/C28H21ClN2O2S/c1-18-23(29)10-6-11-24(18)30-28-31-27(32)26(34-28)16-22-9-4-5-12-25(22)33-17-19-13-14-20-7-2-3-8-21(20)15-19/h2-16H,17H2,1H3,(H,30,31,32)/b26-16+. The van der Waals surface area contributed by atoms with Crippen molar-refractivity contribution in [1.82, 2.24) is 5.32 Å². The van der Waals surface area contributed by atoms with E-state index in [2.05, 4.69) is 40.6 Å². The van der Waals surface area contributed by atoms with Crippen molar-refractivity contribution in [2.45, 2.75) is 13.5 Å². The number of amides is 1. The number of benzene rings is 4. The summed E-state index contributed by atoms with van der Waals surface area (Å²) >= 11 is 7.49. The maximum Gasteiger partial charge on any atom is 0.264 e. The number of hydrogen-bond acceptors (Lipinski definition) is 4. The molecule has 0 unspecified atom stereocenters. The largest absolute Gasteiger partial charge is 0.488 e. The van der Waals surface area contributed by atoms with Crippen LogP contribution < -0.4 is 10.1 Å². The molecule has 0 radical (unpaired) electrons. The molecule has 0 saturated carbocycles. The number of fused-ring (bicyclic) bond motifs is 1. The lowest BCUT2D eigenvalue weighted by molar-refractivity contribution is -0.115. The van der Waals surface area contributed by atoms with E-state index in [1.807, 2.05) is 67.6 Å². The number of halogens is 1. The summed E-state index contributed by atoms with van der Waals surface area (Å²) in [5.41, 5.74) is 3.52. The molecule has 1 saturated heterocycles. The summed E-state index contributed by atoms with van der Waals surface area (Å²) in [5, 5.41) is 6.38. The first-order valence-corrected chi connectivity index (χ1v) is 12.0. The number of para-hydroxylation sites is 1. The maximum absolute atomic E-state index is 12.6. The van der Waals surface area contributed by atoms with Gasteiger partial charge in [-0.05, 0) is 70.9 Å². The van der Waals surface area contributed by atoms with Crippen LogP contribution in [0.2, 0.25) is 5.02 Å². The number of thioether (sulfide) groups is 1. The van der Waals surface area contributed by atoms with Crippen LogP contribution in [0.15, 0.2) is 94.8 Å². The van der Waals surface area contributed by atoms with Gasteiger partial charge in [0.2, 0.25) is 0 Å². The molecule has 5 rings (SSSR count). The number of amidine groups is 1. The van der Waals surface area contributed by atoms with E-state index in [0.29, 0.717) is 27.5 Å². The summed E-state index contributed by atoms with van der Waals surface area (Å²) < 4.78 is 6.14. The Morgan fingerprint density at radius 1 is 0.971 bits per heavy atom. The second kappa shape index (κ2) is 9.75. The molecule has 0 spiro atoms. The highest BCUT2D eigenvalue weighted by atomic mass is 35.5. The summed E-state index contributed by atoms with van der Waals surface area (Å²) in [6, 6.07) is 27.8. The zero-order valence-corrected chi connectivity index (χ0v) is 20.0. The minimum Gasteiger partial charge on any atom is -0.488 e. The van der Waals surface area contributed by atoms with E-state index in [-0.39, 0.29) is 5.91 Å². The summed E-state index contributed by atoms with van der Waals surface area (Å²) in [7, 11) is 0. The predicted octanol–water partition coefficient (Wildman–Crippen LogP) is 7.27. The van der Waals surface area contributed by atoms with E-state index in [4.69, 9.17) is 16.3 Å². The average Bonchev–Trinajstić information content (AvgIpc) is 3.19. The number of rotatable bonds is 5. The number of ether oxygens (including phenoxy) is 1. The third-order valence-electron chi connectivity index (χ3n) is 5.53. The van der Waals surface area contributed by atoms with Gasteiger partial charge in [0.1, 0.15) is 12.4 Å². The van der Waals surface area contributed by atoms with Gasteiger partial charge in [-0.25, -0.2) is 4.99 Å². The van der Waals surface area contributed by atoms with Gasteiger partial charge in [0, 0.05) is 10.6 Å². The quantitative estimate of drug-likeness (QED) is 0.303. The van der Waals surface area contributed by atoms with E-state index in [1.54, 1.807) is 0 Å². The number of nitrogens with zero attached hydrogens (tertiary/aromatic N) is 1. The molecule has 0 aromatic heterocycles. The minimum absolute atomic E-state index is 0.187. The number of nitrogens with one attached hydrogen (secondary N) is 1. The van der Waals surface area contributed by atoms with Crippen molar-refractivity contribution in [3.05, 3.63) is 112 Å². The van der Waals surface area contributed by atoms with Crippen molar-refractivity contribution in [2.75, 3.05) is 0 Å². The van der Waals surface area contributed by atoms with Crippen molar-refractivity contribution in [1.29, 1.82) is 0 Å². The fraction of sp³-hybridized carbons (Fsp3) is 0.0714. The summed E-state index contributed by atoms with van der Waals surface area (Å²) in [6.07, 6.45) is 1.84. The van der Waals surface area contributed by atoms with Gasteiger partial charge in [0.05, 0.1) is 10.6 Å². The molecular weight excluding hydrogens is 464 g/mol. The molecular formula is C28H21ClN2O2S. The molecule has 0 bridgehead atoms. The van der Waals surface area contributed by atoms with E-state index in [0.717, 1.165) is 22.4 Å². The first-order valence-electron chi connectivity index (χ1n) is 10.8. The highest BCUT2D eigenvalue weighted by Crippen LogP contribution is 2.32. The normalized spacial score (nSPS) is 15.8. The Bertz CT molecular complexity index is 1460. The number of hydrogen-bond donors (Lipinski definition) is 1. The molecule has 34 heavy (non-hydrogen) atoms. The fourth-order valence-corrected chi connectivity index (χ4v) is 4.66. The van der Waals surface area contributed by atoms with Crippen LogP contribution in [0.3, 0.4) is 0 Å². The van der Waals surface area contributed by atoms with Gasteiger partial charge in [0.25, 0.3) is 5.91 Å². The third-order valence-corrected chi connectivity index (χ3v) is 6.85. The topological polar surface area (TPSA) is 50.7 Å². The highest BCUT2D eigenvalue weighted by Gasteiger charge is 2.24. The van der Waals surface area contributed by atoms with Crippen LogP contribution in [0.5, 0.6) is 5.75 Å². The molecule has 4 nitrogen and oxygen atoms in total. The van der Waals surface area contributed by atoms with Crippen LogP contribution in [-0.4, -0.2) is 11.1 Å². The molecule has 1 aliphatic heterocycles. The molecule has 1 aliphatic rings. The molecule has 4 aromatic rings. The Morgan fingerprint density at radius 2 is 1.76 bits per heavy atom. The Morgan fingerprint density at radius 3 is 2.65 bits per heavy atom. The van der Waals surface area contributed by atoms with Crippen LogP contribution in [-0.2, 0) is 11.4 Å². The molecule has 1 fully saturated rings. The Labute approximate surface area is 207 Å². The van der Waals surface area contributed by atoms with Crippen molar-refractivity contribution in [3.63, 3.8) is 0 Å². The summed E-state index contributed by atoms with van der Waals surface area (Å²) in [5.74, 6) is 0.528. The Kier molecular flexibility index (Phi) is 6.39. The average molecular weight is 485 g/mol. The van der Waals surface area contributed by atoms with Gasteiger partial charge >= 0.3 is 0 Å². The number of aliphatic imine (C=N–C) groups is 1. The predicted molar refractivity (Wildman–Crippen MR) is 142 cm³/mol. The first-order chi connectivity index (χ1) is 16.6. The molecule has 0 atom stereocenters. The van der Waals surface area contributed by atoms with Gasteiger partial charge in [-0.2, -0.15) is 0 Å². The van der Waals surface area contributed by atoms with Gasteiger partial charge in [-0.15, -0.1) is 0 Å². The van der Waals surface area contributed by atoms with Crippen molar-refractivity contribution >= 4 is 57.0 Å². The molecule has 6 heteroatoms. The SMILES string of the molecule is Cc1c(Cl)cccc1N=C1NC(=O)/C(=C\c2ccccc2OCc2ccc3ccccc3c2)S1. The first kappa shape index (κ1) is 22.3. The van der Waals surface area contributed by atoms with Gasteiger partial charge in [-0.3, -0.25) is 4.79 Å². The van der Waals surface area contributed by atoms with E-state index in [9.17, 15) is 4.79 Å². The molecule has 4 aromatic carbocycles. The lowest BCUT2D eigenvalue weighted by Crippen LogP contribution is -2.19. The van der Waals surface area contributed by atoms with Crippen LogP contribution >= 0.6 is 23.4 Å². The lowest BCUT2D eigenvalue weighted by atomic mass is 10.1. The van der Waals surface area contributed by atoms with Crippen LogP contribution in [0.25, 0.3) is 16.8 Å². The van der Waals surface area contributed by atoms with Crippen molar-refractivity contribution < 1.29 is 9.53 Å². The third kappa shape index (κ3) is 4.86. The molecule has 1 heterocycles.